The SMILES string of the molecule is O=C1CCON1CCNc1nonc1C(=Nc1ccc(F)c(Br)c1)NO. The Bertz CT molecular complexity index is 830. The number of carbonyl (C=O) groups excluding carboxylic acids is 1. The van der Waals surface area contributed by atoms with E-state index in [1.165, 1.54) is 23.3 Å². The second-order valence-corrected chi connectivity index (χ2v) is 5.99. The lowest BCUT2D eigenvalue weighted by Crippen LogP contribution is -2.29. The van der Waals surface area contributed by atoms with Crippen LogP contribution in [0.4, 0.5) is 15.9 Å². The summed E-state index contributed by atoms with van der Waals surface area (Å²) in [5, 5.41) is 20.9. The summed E-state index contributed by atoms with van der Waals surface area (Å²) in [6, 6.07) is 4.09. The maximum absolute atomic E-state index is 13.3. The summed E-state index contributed by atoms with van der Waals surface area (Å²) >= 11 is 3.06. The number of carbonyl (C=O) groups is 1. The third-order valence-corrected chi connectivity index (χ3v) is 4.02. The molecule has 0 aliphatic carbocycles. The predicted octanol–water partition coefficient (Wildman–Crippen LogP) is 1.60. The second-order valence-electron chi connectivity index (χ2n) is 5.14. The molecule has 1 aliphatic heterocycles. The first-order valence-electron chi connectivity index (χ1n) is 7.52. The maximum Gasteiger partial charge on any atom is 0.248 e. The molecule has 1 aliphatic rings. The lowest BCUT2D eigenvalue weighted by atomic mass is 10.3. The van der Waals surface area contributed by atoms with Crippen molar-refractivity contribution in [2.75, 3.05) is 25.0 Å². The van der Waals surface area contributed by atoms with Gasteiger partial charge in [-0.3, -0.25) is 20.3 Å². The Labute approximate surface area is 155 Å². The molecule has 3 rings (SSSR count). The zero-order chi connectivity index (χ0) is 18.5. The van der Waals surface area contributed by atoms with E-state index in [-0.39, 0.29) is 27.7 Å². The molecule has 10 nitrogen and oxygen atoms in total. The van der Waals surface area contributed by atoms with Gasteiger partial charge in [-0.15, -0.1) is 0 Å². The second kappa shape index (κ2) is 8.21. The highest BCUT2D eigenvalue weighted by Crippen LogP contribution is 2.23. The molecular weight excluding hydrogens is 415 g/mol. The Hall–Kier alpha value is -2.57. The fourth-order valence-electron chi connectivity index (χ4n) is 2.18. The van der Waals surface area contributed by atoms with E-state index >= 15 is 0 Å². The third kappa shape index (κ3) is 4.15. The summed E-state index contributed by atoms with van der Waals surface area (Å²) in [5.74, 6) is -0.378. The van der Waals surface area contributed by atoms with Crippen molar-refractivity contribution in [3.63, 3.8) is 0 Å². The fourth-order valence-corrected chi connectivity index (χ4v) is 2.55. The van der Waals surface area contributed by atoms with Crippen molar-refractivity contribution in [3.8, 4) is 0 Å². The minimum atomic E-state index is -0.438. The van der Waals surface area contributed by atoms with Gasteiger partial charge in [-0.25, -0.2) is 19.1 Å². The first kappa shape index (κ1) is 18.2. The Morgan fingerprint density at radius 3 is 3.00 bits per heavy atom. The number of hydroxylamine groups is 3. The number of nitrogens with zero attached hydrogens (tertiary/aromatic N) is 4. The molecule has 12 heteroatoms. The summed E-state index contributed by atoms with van der Waals surface area (Å²) in [7, 11) is 0. The van der Waals surface area contributed by atoms with Crippen molar-refractivity contribution in [2.45, 2.75) is 6.42 Å². The van der Waals surface area contributed by atoms with Crippen molar-refractivity contribution in [1.29, 1.82) is 0 Å². The zero-order valence-corrected chi connectivity index (χ0v) is 14.9. The summed E-state index contributed by atoms with van der Waals surface area (Å²) < 4.78 is 18.2. The zero-order valence-electron chi connectivity index (χ0n) is 13.3. The summed E-state index contributed by atoms with van der Waals surface area (Å²) in [6.07, 6.45) is 0.356. The number of anilines is 1. The Kier molecular flexibility index (Phi) is 5.75. The van der Waals surface area contributed by atoms with E-state index in [1.807, 2.05) is 5.48 Å². The minimum absolute atomic E-state index is 0.0549. The van der Waals surface area contributed by atoms with Crippen LogP contribution in [0.15, 0.2) is 32.3 Å². The first-order valence-corrected chi connectivity index (χ1v) is 8.31. The number of rotatable bonds is 6. The normalized spacial score (nSPS) is 14.8. The first-order chi connectivity index (χ1) is 12.6. The number of hydrogen-bond donors (Lipinski definition) is 3. The number of aromatic nitrogens is 2. The third-order valence-electron chi connectivity index (χ3n) is 3.41. The largest absolute Gasteiger partial charge is 0.363 e. The standard InChI is InChI=1S/C14H14BrFN6O4/c15-9-7-8(1-2-10(9)16)18-14(19-24)12-13(21-26-20-12)17-4-5-22-11(23)3-6-25-22/h1-2,7,24H,3-6H2,(H,17,21)(H,18,19). The van der Waals surface area contributed by atoms with Gasteiger partial charge in [0.1, 0.15) is 5.82 Å². The van der Waals surface area contributed by atoms with Crippen LogP contribution in [0.2, 0.25) is 0 Å². The van der Waals surface area contributed by atoms with Crippen molar-refractivity contribution in [1.82, 2.24) is 20.9 Å². The van der Waals surface area contributed by atoms with Crippen LogP contribution in [0.1, 0.15) is 12.1 Å². The Balaban J connectivity index is 1.71. The number of halogens is 2. The summed E-state index contributed by atoms with van der Waals surface area (Å²) in [4.78, 5) is 20.8. The molecule has 138 valence electrons. The van der Waals surface area contributed by atoms with Crippen LogP contribution < -0.4 is 10.8 Å². The molecule has 0 bridgehead atoms. The molecule has 1 aromatic carbocycles. The highest BCUT2D eigenvalue weighted by Gasteiger charge is 2.22. The average molecular weight is 429 g/mol. The van der Waals surface area contributed by atoms with E-state index in [0.29, 0.717) is 31.8 Å². The Morgan fingerprint density at radius 2 is 2.31 bits per heavy atom. The highest BCUT2D eigenvalue weighted by atomic mass is 79.9. The molecule has 1 fully saturated rings. The minimum Gasteiger partial charge on any atom is -0.363 e. The Morgan fingerprint density at radius 1 is 1.46 bits per heavy atom. The van der Waals surface area contributed by atoms with Crippen molar-refractivity contribution in [2.24, 2.45) is 4.99 Å². The number of aliphatic imine (C=N–C) groups is 1. The molecule has 26 heavy (non-hydrogen) atoms. The summed E-state index contributed by atoms with van der Waals surface area (Å²) in [6.45, 7) is 0.983. The van der Waals surface area contributed by atoms with Gasteiger partial charge in [-0.1, -0.05) is 0 Å². The number of nitrogens with one attached hydrogen (secondary N) is 2. The smallest absolute Gasteiger partial charge is 0.248 e. The molecule has 0 spiro atoms. The van der Waals surface area contributed by atoms with Gasteiger partial charge in [-0.05, 0) is 44.4 Å². The highest BCUT2D eigenvalue weighted by molar-refractivity contribution is 9.10. The van der Waals surface area contributed by atoms with E-state index in [2.05, 4.69) is 41.2 Å². The summed E-state index contributed by atoms with van der Waals surface area (Å²) in [5.41, 5.74) is 2.39. The van der Waals surface area contributed by atoms with Crippen LogP contribution >= 0.6 is 15.9 Å². The lowest BCUT2D eigenvalue weighted by Gasteiger charge is -2.14. The fraction of sp³-hybridized carbons (Fsp3) is 0.286. The molecule has 0 unspecified atom stereocenters. The number of amidine groups is 1. The van der Waals surface area contributed by atoms with Crippen molar-refractivity contribution < 1.29 is 23.9 Å². The van der Waals surface area contributed by atoms with Crippen molar-refractivity contribution in [3.05, 3.63) is 34.2 Å². The molecule has 2 heterocycles. The van der Waals surface area contributed by atoms with Gasteiger partial charge in [0, 0.05) is 6.54 Å². The predicted molar refractivity (Wildman–Crippen MR) is 90.3 cm³/mol. The van der Waals surface area contributed by atoms with Crippen LogP contribution in [0.5, 0.6) is 0 Å². The van der Waals surface area contributed by atoms with Gasteiger partial charge in [0.05, 0.1) is 29.7 Å². The molecule has 0 saturated carbocycles. The molecule has 0 atom stereocenters. The lowest BCUT2D eigenvalue weighted by molar-refractivity contribution is -0.160. The van der Waals surface area contributed by atoms with Gasteiger partial charge in [0.25, 0.3) is 0 Å². The molecule has 2 aromatic rings. The van der Waals surface area contributed by atoms with E-state index in [0.717, 1.165) is 0 Å². The number of amides is 1. The van der Waals surface area contributed by atoms with Crippen LogP contribution in [0, 0.1) is 5.82 Å². The van der Waals surface area contributed by atoms with E-state index in [9.17, 15) is 14.4 Å². The van der Waals surface area contributed by atoms with Gasteiger partial charge < -0.3 is 5.32 Å². The van der Waals surface area contributed by atoms with Gasteiger partial charge >= 0.3 is 0 Å². The van der Waals surface area contributed by atoms with Gasteiger partial charge in [0.15, 0.2) is 11.5 Å². The van der Waals surface area contributed by atoms with Gasteiger partial charge in [0.2, 0.25) is 11.7 Å². The van der Waals surface area contributed by atoms with Crippen LogP contribution in [0.3, 0.4) is 0 Å². The van der Waals surface area contributed by atoms with E-state index < -0.39 is 5.82 Å². The monoisotopic (exact) mass is 428 g/mol. The number of benzene rings is 1. The quantitative estimate of drug-likeness (QED) is 0.359. The molecule has 1 amide bonds. The van der Waals surface area contributed by atoms with Crippen LogP contribution in [-0.2, 0) is 9.63 Å². The number of hydrogen-bond acceptors (Lipinski definition) is 8. The maximum atomic E-state index is 13.3. The van der Waals surface area contributed by atoms with Gasteiger partial charge in [-0.2, -0.15) is 0 Å². The van der Waals surface area contributed by atoms with E-state index in [1.54, 1.807) is 0 Å². The molecular formula is C14H14BrFN6O4. The molecule has 1 aromatic heterocycles. The molecule has 0 radical (unpaired) electrons. The van der Waals surface area contributed by atoms with Crippen molar-refractivity contribution >= 4 is 39.2 Å². The van der Waals surface area contributed by atoms with Crippen LogP contribution in [-0.4, -0.2) is 52.0 Å². The van der Waals surface area contributed by atoms with E-state index in [4.69, 9.17) is 4.84 Å². The average Bonchev–Trinajstić information content (AvgIpc) is 3.25. The topological polar surface area (TPSA) is 125 Å². The van der Waals surface area contributed by atoms with Crippen LogP contribution in [0.25, 0.3) is 0 Å². The molecule has 1 saturated heterocycles. The molecule has 3 N–H and O–H groups in total.